The molecule has 0 fully saturated rings. The average molecular weight is 301 g/mol. The molecule has 1 atom stereocenters. The van der Waals surface area contributed by atoms with E-state index in [1.807, 2.05) is 23.4 Å². The Morgan fingerprint density at radius 1 is 1.62 bits per heavy atom. The van der Waals surface area contributed by atoms with E-state index in [1.165, 1.54) is 0 Å². The molecule has 86 valence electrons. The van der Waals surface area contributed by atoms with Gasteiger partial charge in [0.15, 0.2) is 0 Å². The van der Waals surface area contributed by atoms with Crippen LogP contribution >= 0.6 is 27.3 Å². The SMILES string of the molecule is CCNC(c1cscn1)c1c(Br)cnn1C. The molecule has 1 N–H and O–H groups in total. The summed E-state index contributed by atoms with van der Waals surface area (Å²) in [4.78, 5) is 4.37. The van der Waals surface area contributed by atoms with Crippen molar-refractivity contribution in [2.24, 2.45) is 7.05 Å². The summed E-state index contributed by atoms with van der Waals surface area (Å²) in [6, 6.07) is 0.0955. The number of aryl methyl sites for hydroxylation is 1. The van der Waals surface area contributed by atoms with Gasteiger partial charge in [0.2, 0.25) is 0 Å². The van der Waals surface area contributed by atoms with Gasteiger partial charge in [0.05, 0.1) is 33.6 Å². The van der Waals surface area contributed by atoms with Gasteiger partial charge in [0.25, 0.3) is 0 Å². The van der Waals surface area contributed by atoms with E-state index in [2.05, 4.69) is 43.6 Å². The van der Waals surface area contributed by atoms with Crippen molar-refractivity contribution in [1.82, 2.24) is 20.1 Å². The first-order valence-corrected chi connectivity index (χ1v) is 6.76. The lowest BCUT2D eigenvalue weighted by Gasteiger charge is -2.16. The zero-order valence-electron chi connectivity index (χ0n) is 9.14. The molecule has 0 aliphatic rings. The van der Waals surface area contributed by atoms with Crippen LogP contribution in [0.1, 0.15) is 24.4 Å². The molecule has 2 rings (SSSR count). The molecule has 0 aliphatic carbocycles. The molecule has 0 amide bonds. The van der Waals surface area contributed by atoms with E-state index in [0.29, 0.717) is 0 Å². The van der Waals surface area contributed by atoms with Crippen molar-refractivity contribution >= 4 is 27.3 Å². The second-order valence-electron chi connectivity index (χ2n) is 3.41. The molecule has 2 aromatic rings. The molecule has 2 aromatic heterocycles. The van der Waals surface area contributed by atoms with E-state index < -0.39 is 0 Å². The molecular weight excluding hydrogens is 288 g/mol. The Balaban J connectivity index is 2.40. The van der Waals surface area contributed by atoms with Gasteiger partial charge in [-0.2, -0.15) is 5.10 Å². The predicted molar refractivity (Wildman–Crippen MR) is 68.5 cm³/mol. The van der Waals surface area contributed by atoms with Crippen molar-refractivity contribution < 1.29 is 0 Å². The summed E-state index contributed by atoms with van der Waals surface area (Å²) in [7, 11) is 1.94. The van der Waals surface area contributed by atoms with Gasteiger partial charge in [-0.3, -0.25) is 4.68 Å². The average Bonchev–Trinajstić information content (AvgIpc) is 2.87. The van der Waals surface area contributed by atoms with Gasteiger partial charge in [-0.25, -0.2) is 4.98 Å². The van der Waals surface area contributed by atoms with Gasteiger partial charge in [0.1, 0.15) is 0 Å². The number of rotatable bonds is 4. The van der Waals surface area contributed by atoms with E-state index >= 15 is 0 Å². The van der Waals surface area contributed by atoms with E-state index in [9.17, 15) is 0 Å². The molecule has 0 saturated heterocycles. The highest BCUT2D eigenvalue weighted by molar-refractivity contribution is 9.10. The standard InChI is InChI=1S/C10H13BrN4S/c1-3-12-9(8-5-16-6-13-8)10-7(11)4-14-15(10)2/h4-6,9,12H,3H2,1-2H3. The largest absolute Gasteiger partial charge is 0.304 e. The van der Waals surface area contributed by atoms with Crippen LogP contribution in [0.4, 0.5) is 0 Å². The number of hydrogen-bond acceptors (Lipinski definition) is 4. The molecule has 16 heavy (non-hydrogen) atoms. The molecule has 0 spiro atoms. The number of thiazole rings is 1. The Bertz CT molecular complexity index is 432. The van der Waals surface area contributed by atoms with E-state index in [-0.39, 0.29) is 6.04 Å². The van der Waals surface area contributed by atoms with Crippen LogP contribution in [0.5, 0.6) is 0 Å². The van der Waals surface area contributed by atoms with Crippen LogP contribution in [0.25, 0.3) is 0 Å². The van der Waals surface area contributed by atoms with E-state index in [1.54, 1.807) is 11.3 Å². The zero-order valence-corrected chi connectivity index (χ0v) is 11.5. The highest BCUT2D eigenvalue weighted by Gasteiger charge is 2.21. The lowest BCUT2D eigenvalue weighted by atomic mass is 10.1. The summed E-state index contributed by atoms with van der Waals surface area (Å²) < 4.78 is 2.88. The lowest BCUT2D eigenvalue weighted by Crippen LogP contribution is -2.24. The van der Waals surface area contributed by atoms with Crippen molar-refractivity contribution in [2.45, 2.75) is 13.0 Å². The molecule has 0 aromatic carbocycles. The summed E-state index contributed by atoms with van der Waals surface area (Å²) >= 11 is 5.13. The molecular formula is C10H13BrN4S. The molecule has 2 heterocycles. The molecule has 4 nitrogen and oxygen atoms in total. The quantitative estimate of drug-likeness (QED) is 0.942. The van der Waals surface area contributed by atoms with Gasteiger partial charge in [-0.15, -0.1) is 11.3 Å². The monoisotopic (exact) mass is 300 g/mol. The van der Waals surface area contributed by atoms with Gasteiger partial charge >= 0.3 is 0 Å². The molecule has 6 heteroatoms. The van der Waals surface area contributed by atoms with E-state index in [4.69, 9.17) is 0 Å². The highest BCUT2D eigenvalue weighted by Crippen LogP contribution is 2.27. The minimum absolute atomic E-state index is 0.0955. The van der Waals surface area contributed by atoms with Crippen molar-refractivity contribution in [2.75, 3.05) is 6.54 Å². The second-order valence-corrected chi connectivity index (χ2v) is 4.98. The number of nitrogens with zero attached hydrogens (tertiary/aromatic N) is 3. The number of halogens is 1. The minimum Gasteiger partial charge on any atom is -0.304 e. The lowest BCUT2D eigenvalue weighted by molar-refractivity contribution is 0.562. The minimum atomic E-state index is 0.0955. The smallest absolute Gasteiger partial charge is 0.0941 e. The van der Waals surface area contributed by atoms with Crippen LogP contribution in [-0.2, 0) is 7.05 Å². The molecule has 0 aliphatic heterocycles. The van der Waals surface area contributed by atoms with Gasteiger partial charge in [0, 0.05) is 12.4 Å². The molecule has 0 bridgehead atoms. The highest BCUT2D eigenvalue weighted by atomic mass is 79.9. The first-order valence-electron chi connectivity index (χ1n) is 5.03. The third-order valence-electron chi connectivity index (χ3n) is 2.37. The van der Waals surface area contributed by atoms with Crippen molar-refractivity contribution in [3.05, 3.63) is 32.9 Å². The van der Waals surface area contributed by atoms with Gasteiger partial charge in [-0.1, -0.05) is 6.92 Å². The van der Waals surface area contributed by atoms with Gasteiger partial charge in [-0.05, 0) is 22.5 Å². The Labute approximate surface area is 107 Å². The fraction of sp³-hybridized carbons (Fsp3) is 0.400. The molecule has 0 radical (unpaired) electrons. The molecule has 0 saturated carbocycles. The number of nitrogens with one attached hydrogen (secondary N) is 1. The van der Waals surface area contributed by atoms with Crippen LogP contribution < -0.4 is 5.32 Å². The second kappa shape index (κ2) is 5.07. The zero-order chi connectivity index (χ0) is 11.5. The Hall–Kier alpha value is -0.720. The van der Waals surface area contributed by atoms with Crippen LogP contribution in [0, 0.1) is 0 Å². The van der Waals surface area contributed by atoms with Crippen molar-refractivity contribution in [1.29, 1.82) is 0 Å². The summed E-state index contributed by atoms with van der Waals surface area (Å²) in [6.07, 6.45) is 1.81. The maximum atomic E-state index is 4.37. The van der Waals surface area contributed by atoms with Crippen LogP contribution in [0.2, 0.25) is 0 Å². The first kappa shape index (κ1) is 11.8. The van der Waals surface area contributed by atoms with Crippen LogP contribution in [0.3, 0.4) is 0 Å². The Morgan fingerprint density at radius 3 is 2.94 bits per heavy atom. The van der Waals surface area contributed by atoms with E-state index in [0.717, 1.165) is 22.4 Å². The summed E-state index contributed by atoms with van der Waals surface area (Å²) in [6.45, 7) is 2.98. The number of aromatic nitrogens is 3. The van der Waals surface area contributed by atoms with Gasteiger partial charge < -0.3 is 5.32 Å². The van der Waals surface area contributed by atoms with Crippen molar-refractivity contribution in [3.63, 3.8) is 0 Å². The predicted octanol–water partition coefficient (Wildman–Crippen LogP) is 2.34. The van der Waals surface area contributed by atoms with Crippen molar-refractivity contribution in [3.8, 4) is 0 Å². The topological polar surface area (TPSA) is 42.7 Å². The summed E-state index contributed by atoms with van der Waals surface area (Å²) in [5.74, 6) is 0. The summed E-state index contributed by atoms with van der Waals surface area (Å²) in [5.41, 5.74) is 3.99. The fourth-order valence-electron chi connectivity index (χ4n) is 1.65. The Morgan fingerprint density at radius 2 is 2.44 bits per heavy atom. The Kier molecular flexibility index (Phi) is 3.73. The third kappa shape index (κ3) is 2.18. The maximum absolute atomic E-state index is 4.37. The number of hydrogen-bond donors (Lipinski definition) is 1. The summed E-state index contributed by atoms with van der Waals surface area (Å²) in [5, 5.41) is 9.72. The van der Waals surface area contributed by atoms with Crippen LogP contribution in [0.15, 0.2) is 21.6 Å². The molecule has 1 unspecified atom stereocenters. The first-order chi connectivity index (χ1) is 7.74. The third-order valence-corrected chi connectivity index (χ3v) is 3.58. The normalized spacial score (nSPS) is 12.9. The maximum Gasteiger partial charge on any atom is 0.0941 e. The van der Waals surface area contributed by atoms with Crippen LogP contribution in [-0.4, -0.2) is 21.3 Å². The fourth-order valence-corrected chi connectivity index (χ4v) is 2.81.